The maximum atomic E-state index is 13.3. The van der Waals surface area contributed by atoms with Crippen LogP contribution in [0.25, 0.3) is 11.0 Å². The van der Waals surface area contributed by atoms with Gasteiger partial charge in [0.25, 0.3) is 0 Å². The zero-order chi connectivity index (χ0) is 20.9. The molecule has 0 saturated heterocycles. The van der Waals surface area contributed by atoms with E-state index in [0.717, 1.165) is 41.9 Å². The molecule has 2 aromatic carbocycles. The number of carbonyl (C=O) groups excluding carboxylic acids is 2. The number of aryl methyl sites for hydroxylation is 1. The molecule has 1 N–H and O–H groups in total. The summed E-state index contributed by atoms with van der Waals surface area (Å²) in [5.74, 6) is 0.737. The fourth-order valence-corrected chi connectivity index (χ4v) is 4.01. The minimum atomic E-state index is -0.124. The molecule has 0 atom stereocenters. The van der Waals surface area contributed by atoms with Crippen LogP contribution in [0.4, 0.5) is 5.69 Å². The van der Waals surface area contributed by atoms with Gasteiger partial charge in [-0.3, -0.25) is 9.59 Å². The molecule has 2 heterocycles. The molecule has 1 aliphatic heterocycles. The predicted octanol–water partition coefficient (Wildman–Crippen LogP) is 3.25. The highest BCUT2D eigenvalue weighted by Crippen LogP contribution is 2.27. The van der Waals surface area contributed by atoms with Crippen molar-refractivity contribution in [1.82, 2.24) is 14.9 Å². The van der Waals surface area contributed by atoms with Gasteiger partial charge in [0.2, 0.25) is 11.8 Å². The van der Waals surface area contributed by atoms with E-state index in [9.17, 15) is 9.59 Å². The topological polar surface area (TPSA) is 67.2 Å². The summed E-state index contributed by atoms with van der Waals surface area (Å²) in [7, 11) is 0. The zero-order valence-electron chi connectivity index (χ0n) is 17.2. The molecule has 1 aliphatic rings. The predicted molar refractivity (Wildman–Crippen MR) is 118 cm³/mol. The third-order valence-corrected chi connectivity index (χ3v) is 5.40. The minimum Gasteiger partial charge on any atom is -0.352 e. The number of allylic oxidation sites excluding steroid dienone is 1. The lowest BCUT2D eigenvalue weighted by Crippen LogP contribution is -2.38. The molecule has 0 aliphatic carbocycles. The highest BCUT2D eigenvalue weighted by molar-refractivity contribution is 5.95. The van der Waals surface area contributed by atoms with Crippen LogP contribution in [0.3, 0.4) is 0 Å². The summed E-state index contributed by atoms with van der Waals surface area (Å²) in [6.45, 7) is 3.24. The summed E-state index contributed by atoms with van der Waals surface area (Å²) in [5.41, 5.74) is 4.03. The van der Waals surface area contributed by atoms with E-state index in [1.54, 1.807) is 6.08 Å². The number of anilines is 1. The van der Waals surface area contributed by atoms with Gasteiger partial charge in [0.05, 0.1) is 11.0 Å². The molecule has 30 heavy (non-hydrogen) atoms. The van der Waals surface area contributed by atoms with Crippen molar-refractivity contribution in [3.05, 3.63) is 72.1 Å². The highest BCUT2D eigenvalue weighted by atomic mass is 16.2. The lowest BCUT2D eigenvalue weighted by Gasteiger charge is -2.29. The summed E-state index contributed by atoms with van der Waals surface area (Å²) in [6.07, 6.45) is 5.74. The molecule has 2 amide bonds. The molecule has 6 nitrogen and oxygen atoms in total. The monoisotopic (exact) mass is 402 g/mol. The lowest BCUT2D eigenvalue weighted by atomic mass is 10.0. The van der Waals surface area contributed by atoms with E-state index < -0.39 is 0 Å². The van der Waals surface area contributed by atoms with E-state index in [2.05, 4.69) is 11.4 Å². The Kier molecular flexibility index (Phi) is 5.93. The Balaban J connectivity index is 1.57. The highest BCUT2D eigenvalue weighted by Gasteiger charge is 2.23. The lowest BCUT2D eigenvalue weighted by molar-refractivity contribution is -0.119. The van der Waals surface area contributed by atoms with Crippen LogP contribution in [0.2, 0.25) is 0 Å². The third kappa shape index (κ3) is 4.13. The Morgan fingerprint density at radius 3 is 2.80 bits per heavy atom. The number of hydrogen-bond donors (Lipinski definition) is 1. The van der Waals surface area contributed by atoms with Gasteiger partial charge in [0, 0.05) is 25.2 Å². The number of amides is 2. The van der Waals surface area contributed by atoms with Crippen molar-refractivity contribution < 1.29 is 9.59 Å². The number of nitrogens with one attached hydrogen (secondary N) is 1. The second kappa shape index (κ2) is 8.95. The number of fused-ring (bicyclic) bond motifs is 2. The molecule has 4 rings (SSSR count). The van der Waals surface area contributed by atoms with Gasteiger partial charge in [0.15, 0.2) is 0 Å². The average Bonchev–Trinajstić information content (AvgIpc) is 3.11. The number of nitrogens with zero attached hydrogens (tertiary/aromatic N) is 3. The minimum absolute atomic E-state index is 0.0597. The molecule has 0 saturated carbocycles. The molecule has 0 unspecified atom stereocenters. The Hall–Kier alpha value is -3.41. The van der Waals surface area contributed by atoms with E-state index in [1.807, 2.05) is 58.9 Å². The first-order chi connectivity index (χ1) is 14.7. The quantitative estimate of drug-likeness (QED) is 0.644. The maximum Gasteiger partial charge on any atom is 0.246 e. The standard InChI is InChI=1S/C24H26N4O2/c1-2-8-23(29)25-15-14-22-26-19-11-4-6-13-21(19)28(22)17-24(30)27-16-7-10-18-9-3-5-12-20(18)27/h2-6,8-9,11-13H,7,10,14-17H2,1H3,(H,25,29)/b8-2+. The number of aromatic nitrogens is 2. The Morgan fingerprint density at radius 1 is 1.13 bits per heavy atom. The van der Waals surface area contributed by atoms with Gasteiger partial charge in [0.1, 0.15) is 12.4 Å². The third-order valence-electron chi connectivity index (χ3n) is 5.40. The van der Waals surface area contributed by atoms with E-state index in [-0.39, 0.29) is 18.4 Å². The second-order valence-corrected chi connectivity index (χ2v) is 7.42. The fourth-order valence-electron chi connectivity index (χ4n) is 4.01. The molecule has 0 bridgehead atoms. The number of rotatable bonds is 6. The Bertz CT molecular complexity index is 1100. The SMILES string of the molecule is C/C=C/C(=O)NCCc1nc2ccccc2n1CC(=O)N1CCCc2ccccc21. The smallest absolute Gasteiger partial charge is 0.246 e. The molecule has 6 heteroatoms. The largest absolute Gasteiger partial charge is 0.352 e. The van der Waals surface area contributed by atoms with Gasteiger partial charge in [-0.1, -0.05) is 36.4 Å². The second-order valence-electron chi connectivity index (χ2n) is 7.42. The van der Waals surface area contributed by atoms with Gasteiger partial charge in [-0.25, -0.2) is 4.98 Å². The van der Waals surface area contributed by atoms with Crippen LogP contribution in [-0.2, 0) is 29.0 Å². The fraction of sp³-hybridized carbons (Fsp3) is 0.292. The van der Waals surface area contributed by atoms with Crippen molar-refractivity contribution in [2.45, 2.75) is 32.7 Å². The van der Waals surface area contributed by atoms with Crippen molar-refractivity contribution in [2.24, 2.45) is 0 Å². The van der Waals surface area contributed by atoms with Crippen LogP contribution in [-0.4, -0.2) is 34.5 Å². The molecule has 0 radical (unpaired) electrons. The van der Waals surface area contributed by atoms with Crippen molar-refractivity contribution in [3.63, 3.8) is 0 Å². The molecule has 154 valence electrons. The van der Waals surface area contributed by atoms with Crippen LogP contribution in [0.15, 0.2) is 60.7 Å². The molecule has 3 aromatic rings. The van der Waals surface area contributed by atoms with Crippen molar-refractivity contribution in [3.8, 4) is 0 Å². The number of hydrogen-bond acceptors (Lipinski definition) is 3. The summed E-state index contributed by atoms with van der Waals surface area (Å²) < 4.78 is 1.98. The number of para-hydroxylation sites is 3. The van der Waals surface area contributed by atoms with Crippen LogP contribution in [0.1, 0.15) is 24.7 Å². The van der Waals surface area contributed by atoms with Gasteiger partial charge in [-0.15, -0.1) is 0 Å². The van der Waals surface area contributed by atoms with Gasteiger partial charge >= 0.3 is 0 Å². The van der Waals surface area contributed by atoms with Crippen LogP contribution in [0, 0.1) is 0 Å². The summed E-state index contributed by atoms with van der Waals surface area (Å²) in [4.78, 5) is 31.6. The first kappa shape index (κ1) is 19.9. The normalized spacial score (nSPS) is 13.6. The Labute approximate surface area is 176 Å². The molecular formula is C24H26N4O2. The molecular weight excluding hydrogens is 376 g/mol. The van der Waals surface area contributed by atoms with Crippen molar-refractivity contribution in [1.29, 1.82) is 0 Å². The zero-order valence-corrected chi connectivity index (χ0v) is 17.2. The first-order valence-corrected chi connectivity index (χ1v) is 10.4. The van der Waals surface area contributed by atoms with E-state index in [1.165, 1.54) is 11.6 Å². The van der Waals surface area contributed by atoms with Crippen LogP contribution in [0.5, 0.6) is 0 Å². The van der Waals surface area contributed by atoms with E-state index in [4.69, 9.17) is 4.98 Å². The van der Waals surface area contributed by atoms with Crippen LogP contribution >= 0.6 is 0 Å². The molecule has 0 spiro atoms. The number of carbonyl (C=O) groups is 2. The Morgan fingerprint density at radius 2 is 1.93 bits per heavy atom. The summed E-state index contributed by atoms with van der Waals surface area (Å²) >= 11 is 0. The van der Waals surface area contributed by atoms with E-state index >= 15 is 0 Å². The first-order valence-electron chi connectivity index (χ1n) is 10.4. The van der Waals surface area contributed by atoms with Gasteiger partial charge in [-0.05, 0) is 49.6 Å². The molecule has 0 fully saturated rings. The average molecular weight is 402 g/mol. The van der Waals surface area contributed by atoms with Gasteiger partial charge in [-0.2, -0.15) is 0 Å². The summed E-state index contributed by atoms with van der Waals surface area (Å²) in [6, 6.07) is 16.0. The van der Waals surface area contributed by atoms with Crippen LogP contribution < -0.4 is 10.2 Å². The van der Waals surface area contributed by atoms with Crippen molar-refractivity contribution >= 4 is 28.5 Å². The summed E-state index contributed by atoms with van der Waals surface area (Å²) in [5, 5.41) is 2.86. The number of imidazole rings is 1. The van der Waals surface area contributed by atoms with Crippen molar-refractivity contribution in [2.75, 3.05) is 18.0 Å². The molecule has 1 aromatic heterocycles. The maximum absolute atomic E-state index is 13.3. The number of benzene rings is 2. The van der Waals surface area contributed by atoms with Gasteiger partial charge < -0.3 is 14.8 Å². The van der Waals surface area contributed by atoms with E-state index in [0.29, 0.717) is 13.0 Å².